The van der Waals surface area contributed by atoms with E-state index in [1.165, 1.54) is 0 Å². The molecule has 6 heteroatoms. The molecule has 1 aromatic rings. The van der Waals surface area contributed by atoms with Crippen LogP contribution < -0.4 is 0 Å². The smallest absolute Gasteiger partial charge is 0.276 e. The van der Waals surface area contributed by atoms with E-state index in [4.69, 9.17) is 9.26 Å². The van der Waals surface area contributed by atoms with Gasteiger partial charge in [-0.3, -0.25) is 4.79 Å². The summed E-state index contributed by atoms with van der Waals surface area (Å²) >= 11 is 0. The van der Waals surface area contributed by atoms with Gasteiger partial charge in [0.2, 0.25) is 0 Å². The summed E-state index contributed by atoms with van der Waals surface area (Å²) < 4.78 is 10.3. The van der Waals surface area contributed by atoms with Crippen LogP contribution in [0.15, 0.2) is 10.6 Å². The lowest BCUT2D eigenvalue weighted by atomic mass is 10.2. The third kappa shape index (κ3) is 2.70. The maximum Gasteiger partial charge on any atom is 0.276 e. The second-order valence-electron chi connectivity index (χ2n) is 4.34. The van der Waals surface area contributed by atoms with Crippen LogP contribution in [0.4, 0.5) is 0 Å². The number of rotatable bonds is 4. The summed E-state index contributed by atoms with van der Waals surface area (Å²) in [5, 5.41) is 13.0. The Hall–Kier alpha value is -1.40. The zero-order valence-electron chi connectivity index (χ0n) is 10.5. The van der Waals surface area contributed by atoms with E-state index in [0.29, 0.717) is 25.5 Å². The van der Waals surface area contributed by atoms with Crippen molar-refractivity contribution in [2.24, 2.45) is 0 Å². The SMILES string of the molecule is CCCc1cc(C(=O)N2CCOC[C@@H]2CO)no1. The monoisotopic (exact) mass is 254 g/mol. The molecule has 2 rings (SSSR count). The number of hydrogen-bond donors (Lipinski definition) is 1. The van der Waals surface area contributed by atoms with Gasteiger partial charge in [0, 0.05) is 19.0 Å². The Kier molecular flexibility index (Phi) is 4.33. The highest BCUT2D eigenvalue weighted by Crippen LogP contribution is 2.13. The van der Waals surface area contributed by atoms with E-state index in [1.807, 2.05) is 6.92 Å². The standard InChI is InChI=1S/C12H18N2O4/c1-2-3-10-6-11(13-18-10)12(16)14-4-5-17-8-9(14)7-15/h6,9,15H,2-5,7-8H2,1H3/t9-/m0/s1. The summed E-state index contributed by atoms with van der Waals surface area (Å²) in [6, 6.07) is 1.38. The lowest BCUT2D eigenvalue weighted by Gasteiger charge is -2.33. The number of morpholine rings is 1. The van der Waals surface area contributed by atoms with Gasteiger partial charge in [0.1, 0.15) is 5.76 Å². The Morgan fingerprint density at radius 2 is 2.50 bits per heavy atom. The molecule has 1 aromatic heterocycles. The molecular formula is C12H18N2O4. The number of ether oxygens (including phenoxy) is 1. The first-order valence-corrected chi connectivity index (χ1v) is 6.21. The first-order valence-electron chi connectivity index (χ1n) is 6.21. The first kappa shape index (κ1) is 13.0. The maximum atomic E-state index is 12.2. The molecule has 6 nitrogen and oxygen atoms in total. The van der Waals surface area contributed by atoms with Crippen molar-refractivity contribution in [1.82, 2.24) is 10.1 Å². The molecule has 0 aromatic carbocycles. The predicted octanol–water partition coefficient (Wildman–Crippen LogP) is 0.460. The van der Waals surface area contributed by atoms with Crippen molar-refractivity contribution in [1.29, 1.82) is 0 Å². The summed E-state index contributed by atoms with van der Waals surface area (Å²) in [7, 11) is 0. The molecule has 1 atom stereocenters. The predicted molar refractivity (Wildman–Crippen MR) is 63.2 cm³/mol. The van der Waals surface area contributed by atoms with E-state index in [1.54, 1.807) is 11.0 Å². The van der Waals surface area contributed by atoms with E-state index >= 15 is 0 Å². The van der Waals surface area contributed by atoms with Crippen LogP contribution in [0.25, 0.3) is 0 Å². The van der Waals surface area contributed by atoms with E-state index in [2.05, 4.69) is 5.16 Å². The highest BCUT2D eigenvalue weighted by Gasteiger charge is 2.29. The van der Waals surface area contributed by atoms with Gasteiger partial charge in [-0.2, -0.15) is 0 Å². The summed E-state index contributed by atoms with van der Waals surface area (Å²) in [4.78, 5) is 13.8. The molecule has 18 heavy (non-hydrogen) atoms. The molecule has 0 radical (unpaired) electrons. The van der Waals surface area contributed by atoms with E-state index in [-0.39, 0.29) is 18.6 Å². The van der Waals surface area contributed by atoms with Gasteiger partial charge in [-0.05, 0) is 6.42 Å². The molecule has 100 valence electrons. The second kappa shape index (κ2) is 5.97. The lowest BCUT2D eigenvalue weighted by Crippen LogP contribution is -2.50. The number of nitrogens with zero attached hydrogens (tertiary/aromatic N) is 2. The van der Waals surface area contributed by atoms with Crippen LogP contribution in [0.3, 0.4) is 0 Å². The van der Waals surface area contributed by atoms with Gasteiger partial charge in [-0.1, -0.05) is 12.1 Å². The van der Waals surface area contributed by atoms with Crippen molar-refractivity contribution in [2.45, 2.75) is 25.8 Å². The average Bonchev–Trinajstić information content (AvgIpc) is 2.87. The van der Waals surface area contributed by atoms with E-state index < -0.39 is 0 Å². The zero-order valence-corrected chi connectivity index (χ0v) is 10.5. The highest BCUT2D eigenvalue weighted by atomic mass is 16.5. The third-order valence-electron chi connectivity index (χ3n) is 2.97. The van der Waals surface area contributed by atoms with Crippen LogP contribution in [0, 0.1) is 0 Å². The van der Waals surface area contributed by atoms with Gasteiger partial charge >= 0.3 is 0 Å². The summed E-state index contributed by atoms with van der Waals surface area (Å²) in [5.41, 5.74) is 0.304. The molecule has 1 saturated heterocycles. The Bertz CT molecular complexity index is 405. The van der Waals surface area contributed by atoms with Crippen LogP contribution in [-0.4, -0.2) is 53.5 Å². The molecule has 0 bridgehead atoms. The van der Waals surface area contributed by atoms with Crippen molar-refractivity contribution in [3.05, 3.63) is 17.5 Å². The minimum Gasteiger partial charge on any atom is -0.394 e. The molecule has 0 unspecified atom stereocenters. The number of aromatic nitrogens is 1. The number of aliphatic hydroxyl groups is 1. The van der Waals surface area contributed by atoms with Crippen molar-refractivity contribution in [2.75, 3.05) is 26.4 Å². The van der Waals surface area contributed by atoms with E-state index in [9.17, 15) is 9.90 Å². The first-order chi connectivity index (χ1) is 8.76. The molecule has 1 amide bonds. The Morgan fingerprint density at radius 1 is 1.67 bits per heavy atom. The molecule has 1 fully saturated rings. The largest absolute Gasteiger partial charge is 0.394 e. The molecule has 1 aliphatic rings. The molecule has 2 heterocycles. The molecule has 0 spiro atoms. The van der Waals surface area contributed by atoms with Crippen LogP contribution in [0.5, 0.6) is 0 Å². The average molecular weight is 254 g/mol. The molecular weight excluding hydrogens is 236 g/mol. The Morgan fingerprint density at radius 3 is 3.22 bits per heavy atom. The Balaban J connectivity index is 2.08. The van der Waals surface area contributed by atoms with Gasteiger partial charge < -0.3 is 19.3 Å². The number of hydrogen-bond acceptors (Lipinski definition) is 5. The Labute approximate surface area is 106 Å². The van der Waals surface area contributed by atoms with Crippen LogP contribution in [0.1, 0.15) is 29.6 Å². The molecule has 1 N–H and O–H groups in total. The van der Waals surface area contributed by atoms with Gasteiger partial charge in [-0.15, -0.1) is 0 Å². The topological polar surface area (TPSA) is 75.8 Å². The highest BCUT2D eigenvalue weighted by molar-refractivity contribution is 5.92. The van der Waals surface area contributed by atoms with Crippen molar-refractivity contribution in [3.8, 4) is 0 Å². The number of aryl methyl sites for hydroxylation is 1. The fourth-order valence-corrected chi connectivity index (χ4v) is 2.00. The summed E-state index contributed by atoms with van der Waals surface area (Å²) in [5.74, 6) is 0.512. The second-order valence-corrected chi connectivity index (χ2v) is 4.34. The fraction of sp³-hybridized carbons (Fsp3) is 0.667. The number of aliphatic hydroxyl groups excluding tert-OH is 1. The lowest BCUT2D eigenvalue weighted by molar-refractivity contribution is -0.0188. The molecule has 0 aliphatic carbocycles. The van der Waals surface area contributed by atoms with Crippen LogP contribution >= 0.6 is 0 Å². The zero-order chi connectivity index (χ0) is 13.0. The summed E-state index contributed by atoms with van der Waals surface area (Å²) in [6.07, 6.45) is 1.71. The number of carbonyl (C=O) groups excluding carboxylic acids is 1. The van der Waals surface area contributed by atoms with Gasteiger partial charge in [0.25, 0.3) is 5.91 Å². The van der Waals surface area contributed by atoms with Crippen molar-refractivity contribution >= 4 is 5.91 Å². The van der Waals surface area contributed by atoms with Crippen molar-refractivity contribution in [3.63, 3.8) is 0 Å². The minimum absolute atomic E-state index is 0.106. The molecule has 1 aliphatic heterocycles. The van der Waals surface area contributed by atoms with Gasteiger partial charge in [0.15, 0.2) is 5.69 Å². The van der Waals surface area contributed by atoms with E-state index in [0.717, 1.165) is 18.6 Å². The van der Waals surface area contributed by atoms with Crippen molar-refractivity contribution < 1.29 is 19.2 Å². The number of amides is 1. The third-order valence-corrected chi connectivity index (χ3v) is 2.97. The fourth-order valence-electron chi connectivity index (χ4n) is 2.00. The van der Waals surface area contributed by atoms with Crippen LogP contribution in [0.2, 0.25) is 0 Å². The van der Waals surface area contributed by atoms with Gasteiger partial charge in [-0.25, -0.2) is 0 Å². The normalized spacial score (nSPS) is 20.1. The number of carbonyl (C=O) groups is 1. The van der Waals surface area contributed by atoms with Gasteiger partial charge in [0.05, 0.1) is 25.9 Å². The van der Waals surface area contributed by atoms with Crippen LogP contribution in [-0.2, 0) is 11.2 Å². The minimum atomic E-state index is -0.294. The molecule has 0 saturated carbocycles. The quantitative estimate of drug-likeness (QED) is 0.844. The summed E-state index contributed by atoms with van der Waals surface area (Å²) in [6.45, 7) is 3.25. The maximum absolute atomic E-state index is 12.2.